The number of aryl methyl sites for hydroxylation is 1. The molecule has 0 bridgehead atoms. The summed E-state index contributed by atoms with van der Waals surface area (Å²) in [6.07, 6.45) is 0. The van der Waals surface area contributed by atoms with Gasteiger partial charge in [0.25, 0.3) is 5.91 Å². The van der Waals surface area contributed by atoms with Gasteiger partial charge in [0.15, 0.2) is 0 Å². The van der Waals surface area contributed by atoms with E-state index in [2.05, 4.69) is 5.32 Å². The first-order valence-electron chi connectivity index (χ1n) is 4.29. The number of rotatable bonds is 2. The fourth-order valence-electron chi connectivity index (χ4n) is 1.20. The Labute approximate surface area is 77.9 Å². The highest BCUT2D eigenvalue weighted by Crippen LogP contribution is 2.11. The second kappa shape index (κ2) is 3.94. The minimum Gasteiger partial charge on any atom is -0.399 e. The molecular weight excluding hydrogens is 164 g/mol. The molecule has 70 valence electrons. The summed E-state index contributed by atoms with van der Waals surface area (Å²) in [6, 6.07) is 5.28. The van der Waals surface area contributed by atoms with E-state index < -0.39 is 0 Å². The van der Waals surface area contributed by atoms with E-state index in [1.54, 1.807) is 18.2 Å². The van der Waals surface area contributed by atoms with E-state index in [1.807, 2.05) is 13.8 Å². The molecule has 0 atom stereocenters. The number of carbonyl (C=O) groups is 1. The van der Waals surface area contributed by atoms with Crippen LogP contribution in [0.1, 0.15) is 22.8 Å². The summed E-state index contributed by atoms with van der Waals surface area (Å²) in [5.74, 6) is -0.0417. The summed E-state index contributed by atoms with van der Waals surface area (Å²) in [5.41, 5.74) is 7.85. The van der Waals surface area contributed by atoms with Gasteiger partial charge in [-0.25, -0.2) is 0 Å². The minimum absolute atomic E-state index is 0.0417. The van der Waals surface area contributed by atoms with E-state index in [0.717, 1.165) is 5.56 Å². The highest BCUT2D eigenvalue weighted by molar-refractivity contribution is 5.95. The van der Waals surface area contributed by atoms with Crippen molar-refractivity contribution >= 4 is 11.6 Å². The van der Waals surface area contributed by atoms with Gasteiger partial charge in [-0.05, 0) is 37.6 Å². The van der Waals surface area contributed by atoms with Crippen LogP contribution in [0.5, 0.6) is 0 Å². The maximum absolute atomic E-state index is 11.4. The molecule has 0 unspecified atom stereocenters. The van der Waals surface area contributed by atoms with E-state index in [-0.39, 0.29) is 5.91 Å². The molecule has 0 spiro atoms. The second-order valence-electron chi connectivity index (χ2n) is 2.93. The molecule has 0 saturated heterocycles. The van der Waals surface area contributed by atoms with Crippen molar-refractivity contribution in [2.24, 2.45) is 0 Å². The van der Waals surface area contributed by atoms with Gasteiger partial charge in [-0.1, -0.05) is 0 Å². The van der Waals surface area contributed by atoms with Crippen LogP contribution in [0, 0.1) is 6.92 Å². The number of hydrogen-bond acceptors (Lipinski definition) is 2. The first-order chi connectivity index (χ1) is 6.15. The highest BCUT2D eigenvalue weighted by atomic mass is 16.1. The predicted octanol–water partition coefficient (Wildman–Crippen LogP) is 1.33. The Hall–Kier alpha value is -1.51. The van der Waals surface area contributed by atoms with Crippen LogP contribution in [0.3, 0.4) is 0 Å². The van der Waals surface area contributed by atoms with Crippen LogP contribution in [0.25, 0.3) is 0 Å². The molecule has 0 aliphatic rings. The van der Waals surface area contributed by atoms with Crippen LogP contribution in [0.2, 0.25) is 0 Å². The number of anilines is 1. The van der Waals surface area contributed by atoms with Gasteiger partial charge in [0.1, 0.15) is 0 Å². The van der Waals surface area contributed by atoms with Crippen molar-refractivity contribution in [1.82, 2.24) is 5.32 Å². The third-order valence-corrected chi connectivity index (χ3v) is 1.83. The molecule has 0 aliphatic carbocycles. The molecule has 0 aliphatic heterocycles. The van der Waals surface area contributed by atoms with Crippen LogP contribution in [-0.4, -0.2) is 12.5 Å². The predicted molar refractivity (Wildman–Crippen MR) is 53.6 cm³/mol. The lowest BCUT2D eigenvalue weighted by Gasteiger charge is -2.05. The first kappa shape index (κ1) is 9.58. The number of amides is 1. The molecule has 3 N–H and O–H groups in total. The average molecular weight is 178 g/mol. The summed E-state index contributed by atoms with van der Waals surface area (Å²) < 4.78 is 0. The fraction of sp³-hybridized carbons (Fsp3) is 0.300. The molecule has 0 aromatic heterocycles. The smallest absolute Gasteiger partial charge is 0.251 e. The Bertz CT molecular complexity index is 321. The van der Waals surface area contributed by atoms with Crippen molar-refractivity contribution in [3.8, 4) is 0 Å². The van der Waals surface area contributed by atoms with Gasteiger partial charge < -0.3 is 11.1 Å². The molecule has 13 heavy (non-hydrogen) atoms. The largest absolute Gasteiger partial charge is 0.399 e. The second-order valence-corrected chi connectivity index (χ2v) is 2.93. The zero-order valence-electron chi connectivity index (χ0n) is 7.92. The Balaban J connectivity index is 2.95. The Morgan fingerprint density at radius 3 is 2.77 bits per heavy atom. The summed E-state index contributed by atoms with van der Waals surface area (Å²) in [6.45, 7) is 4.41. The van der Waals surface area contributed by atoms with E-state index in [9.17, 15) is 4.79 Å². The minimum atomic E-state index is -0.0417. The molecule has 1 aromatic rings. The van der Waals surface area contributed by atoms with Gasteiger partial charge in [-0.3, -0.25) is 4.79 Å². The summed E-state index contributed by atoms with van der Waals surface area (Å²) in [7, 11) is 0. The lowest BCUT2D eigenvalue weighted by atomic mass is 10.1. The molecule has 3 heteroatoms. The van der Waals surface area contributed by atoms with Crippen molar-refractivity contribution < 1.29 is 4.79 Å². The number of nitrogens with two attached hydrogens (primary N) is 1. The van der Waals surface area contributed by atoms with Gasteiger partial charge in [-0.15, -0.1) is 0 Å². The van der Waals surface area contributed by atoms with Gasteiger partial charge in [0, 0.05) is 17.8 Å². The fourth-order valence-corrected chi connectivity index (χ4v) is 1.20. The standard InChI is InChI=1S/C10H14N2O/c1-3-12-10(13)9-5-4-8(11)6-7(9)2/h4-6H,3,11H2,1-2H3,(H,12,13). The zero-order chi connectivity index (χ0) is 9.84. The van der Waals surface area contributed by atoms with E-state index >= 15 is 0 Å². The van der Waals surface area contributed by atoms with Gasteiger partial charge in [0.2, 0.25) is 0 Å². The van der Waals surface area contributed by atoms with Crippen LogP contribution < -0.4 is 11.1 Å². The molecule has 0 radical (unpaired) electrons. The molecule has 0 heterocycles. The van der Waals surface area contributed by atoms with Gasteiger partial charge in [0.05, 0.1) is 0 Å². The molecule has 1 aromatic carbocycles. The number of carbonyl (C=O) groups excluding carboxylic acids is 1. The molecule has 1 amide bonds. The number of hydrogen-bond donors (Lipinski definition) is 2. The van der Waals surface area contributed by atoms with Crippen molar-refractivity contribution in [3.05, 3.63) is 29.3 Å². The van der Waals surface area contributed by atoms with Crippen molar-refractivity contribution in [3.63, 3.8) is 0 Å². The van der Waals surface area contributed by atoms with E-state index in [0.29, 0.717) is 17.8 Å². The zero-order valence-corrected chi connectivity index (χ0v) is 7.92. The first-order valence-corrected chi connectivity index (χ1v) is 4.29. The maximum Gasteiger partial charge on any atom is 0.251 e. The van der Waals surface area contributed by atoms with Gasteiger partial charge in [-0.2, -0.15) is 0 Å². The molecule has 1 rings (SSSR count). The van der Waals surface area contributed by atoms with Crippen molar-refractivity contribution in [2.45, 2.75) is 13.8 Å². The normalized spacial score (nSPS) is 9.69. The maximum atomic E-state index is 11.4. The summed E-state index contributed by atoms with van der Waals surface area (Å²) in [5, 5.41) is 2.74. The van der Waals surface area contributed by atoms with Crippen LogP contribution in [0.4, 0.5) is 5.69 Å². The Morgan fingerprint density at radius 1 is 1.54 bits per heavy atom. The third kappa shape index (κ3) is 2.21. The monoisotopic (exact) mass is 178 g/mol. The number of nitrogen functional groups attached to an aromatic ring is 1. The van der Waals surface area contributed by atoms with Crippen LogP contribution in [0.15, 0.2) is 18.2 Å². The van der Waals surface area contributed by atoms with Crippen molar-refractivity contribution in [1.29, 1.82) is 0 Å². The summed E-state index contributed by atoms with van der Waals surface area (Å²) in [4.78, 5) is 11.4. The van der Waals surface area contributed by atoms with E-state index in [4.69, 9.17) is 5.73 Å². The quantitative estimate of drug-likeness (QED) is 0.671. The molecule has 3 nitrogen and oxygen atoms in total. The lowest BCUT2D eigenvalue weighted by Crippen LogP contribution is -2.23. The Morgan fingerprint density at radius 2 is 2.23 bits per heavy atom. The van der Waals surface area contributed by atoms with Crippen LogP contribution >= 0.6 is 0 Å². The molecule has 0 fully saturated rings. The summed E-state index contributed by atoms with van der Waals surface area (Å²) >= 11 is 0. The van der Waals surface area contributed by atoms with Crippen molar-refractivity contribution in [2.75, 3.05) is 12.3 Å². The lowest BCUT2D eigenvalue weighted by molar-refractivity contribution is 0.0955. The topological polar surface area (TPSA) is 55.1 Å². The van der Waals surface area contributed by atoms with Crippen LogP contribution in [-0.2, 0) is 0 Å². The highest BCUT2D eigenvalue weighted by Gasteiger charge is 2.06. The number of nitrogens with one attached hydrogen (secondary N) is 1. The van der Waals surface area contributed by atoms with E-state index in [1.165, 1.54) is 0 Å². The van der Waals surface area contributed by atoms with Gasteiger partial charge >= 0.3 is 0 Å². The SMILES string of the molecule is CCNC(=O)c1ccc(N)cc1C. The average Bonchev–Trinajstić information content (AvgIpc) is 2.04. The Kier molecular flexibility index (Phi) is 2.90. The molecule has 0 saturated carbocycles. The third-order valence-electron chi connectivity index (χ3n) is 1.83. The molecular formula is C10H14N2O. The number of benzene rings is 1.